The van der Waals surface area contributed by atoms with Crippen LogP contribution in [0.15, 0.2) is 51.8 Å². The zero-order chi connectivity index (χ0) is 28.7. The minimum Gasteiger partial charge on any atom is -0.493 e. The number of nitrogens with zero attached hydrogens (tertiary/aromatic N) is 5. The van der Waals surface area contributed by atoms with Gasteiger partial charge in [-0.3, -0.25) is 14.3 Å². The van der Waals surface area contributed by atoms with Crippen LogP contribution >= 0.6 is 0 Å². The van der Waals surface area contributed by atoms with Crippen molar-refractivity contribution in [1.82, 2.24) is 20.2 Å². The molecule has 0 aliphatic heterocycles. The summed E-state index contributed by atoms with van der Waals surface area (Å²) in [5.41, 5.74) is 2.67. The largest absolute Gasteiger partial charge is 0.493 e. The van der Waals surface area contributed by atoms with E-state index in [0.29, 0.717) is 36.4 Å². The Bertz CT molecular complexity index is 1400. The number of carbonyl (C=O) groups is 1. The SMILES string of the molecule is CN(/N=N\NC=O)c1c(-c2ccn(CC3CC3)n2)cc(-c2ccc(OCCCCCC(F)(F)F)cc2F)[nH]c1=O. The summed E-state index contributed by atoms with van der Waals surface area (Å²) in [7, 11) is 1.47. The number of alkyl halides is 3. The van der Waals surface area contributed by atoms with E-state index in [1.165, 1.54) is 24.2 Å². The molecule has 0 radical (unpaired) electrons. The standard InChI is InChI=1S/C26H29F4N7O3/c1-36(35-34-31-16-38)24-20(22-9-11-37(33-22)15-17-5-6-17)14-23(32-25(24)39)19-8-7-18(13-21(19)27)40-12-4-2-3-10-26(28,29)30/h7-9,11,13-14,16-17H,2-6,10,12,15H2,1H3,(H,32,39)(H,31,35,38). The Morgan fingerprint density at radius 3 is 2.70 bits per heavy atom. The van der Waals surface area contributed by atoms with Gasteiger partial charge in [0.15, 0.2) is 0 Å². The molecule has 3 aromatic rings. The molecule has 10 nitrogen and oxygen atoms in total. The number of benzene rings is 1. The van der Waals surface area contributed by atoms with E-state index in [-0.39, 0.29) is 35.7 Å². The normalized spacial score (nSPS) is 13.5. The lowest BCUT2D eigenvalue weighted by Crippen LogP contribution is -2.22. The van der Waals surface area contributed by atoms with Gasteiger partial charge >= 0.3 is 6.18 Å². The Balaban J connectivity index is 1.56. The smallest absolute Gasteiger partial charge is 0.389 e. The van der Waals surface area contributed by atoms with Gasteiger partial charge in [-0.1, -0.05) is 0 Å². The molecule has 1 aliphatic carbocycles. The predicted molar refractivity (Wildman–Crippen MR) is 139 cm³/mol. The van der Waals surface area contributed by atoms with E-state index >= 15 is 4.39 Å². The van der Waals surface area contributed by atoms with Crippen LogP contribution in [-0.4, -0.2) is 41.0 Å². The summed E-state index contributed by atoms with van der Waals surface area (Å²) in [5.74, 6) is 0.131. The molecule has 1 aromatic carbocycles. The first kappa shape index (κ1) is 28.8. The van der Waals surface area contributed by atoms with Gasteiger partial charge < -0.3 is 9.72 Å². The van der Waals surface area contributed by atoms with Crippen LogP contribution in [0.4, 0.5) is 23.2 Å². The number of ether oxygens (including phenoxy) is 1. The average Bonchev–Trinajstić information content (AvgIpc) is 3.59. The van der Waals surface area contributed by atoms with E-state index in [1.54, 1.807) is 16.8 Å². The van der Waals surface area contributed by atoms with E-state index in [4.69, 9.17) is 4.74 Å². The van der Waals surface area contributed by atoms with Crippen molar-refractivity contribution in [3.05, 3.63) is 52.7 Å². The number of carbonyl (C=O) groups excluding carboxylic acids is 1. The lowest BCUT2D eigenvalue weighted by Gasteiger charge is -2.16. The highest BCUT2D eigenvalue weighted by atomic mass is 19.4. The second kappa shape index (κ2) is 12.7. The lowest BCUT2D eigenvalue weighted by molar-refractivity contribution is -0.135. The van der Waals surface area contributed by atoms with Crippen LogP contribution < -0.4 is 20.7 Å². The number of nitrogens with one attached hydrogen (secondary N) is 2. The zero-order valence-corrected chi connectivity index (χ0v) is 21.7. The van der Waals surface area contributed by atoms with Crippen LogP contribution in [0.1, 0.15) is 38.5 Å². The molecule has 2 N–H and O–H groups in total. The third-order valence-electron chi connectivity index (χ3n) is 6.28. The maximum absolute atomic E-state index is 15.1. The number of rotatable bonds is 14. The first-order chi connectivity index (χ1) is 19.1. The molecule has 14 heteroatoms. The highest BCUT2D eigenvalue weighted by molar-refractivity contribution is 5.79. The topological polar surface area (TPSA) is 117 Å². The molecule has 2 aromatic heterocycles. The molecule has 1 fully saturated rings. The second-order valence-electron chi connectivity index (χ2n) is 9.52. The number of pyridine rings is 1. The number of H-pyrrole nitrogens is 1. The van der Waals surface area contributed by atoms with Gasteiger partial charge in [-0.15, -0.1) is 0 Å². The first-order valence-electron chi connectivity index (χ1n) is 12.8. The minimum absolute atomic E-state index is 0.00876. The van der Waals surface area contributed by atoms with Crippen molar-refractivity contribution in [2.45, 2.75) is 51.2 Å². The molecule has 1 amide bonds. The molecule has 0 atom stereocenters. The third kappa shape index (κ3) is 7.90. The van der Waals surface area contributed by atoms with Gasteiger partial charge in [0.05, 0.1) is 18.0 Å². The van der Waals surface area contributed by atoms with Gasteiger partial charge in [0, 0.05) is 43.4 Å². The Kier molecular flexibility index (Phi) is 9.17. The Hall–Kier alpha value is -4.23. The summed E-state index contributed by atoms with van der Waals surface area (Å²) >= 11 is 0. The number of unbranched alkanes of at least 4 members (excludes halogenated alkanes) is 2. The van der Waals surface area contributed by atoms with E-state index < -0.39 is 24.0 Å². The summed E-state index contributed by atoms with van der Waals surface area (Å²) < 4.78 is 59.2. The van der Waals surface area contributed by atoms with Gasteiger partial charge in [0.1, 0.15) is 17.3 Å². The molecule has 214 valence electrons. The fourth-order valence-electron chi connectivity index (χ4n) is 4.15. The maximum Gasteiger partial charge on any atom is 0.389 e. The molecular weight excluding hydrogens is 534 g/mol. The number of hydrogen-bond donors (Lipinski definition) is 2. The lowest BCUT2D eigenvalue weighted by atomic mass is 10.0. The fraction of sp³-hybridized carbons (Fsp3) is 0.423. The minimum atomic E-state index is -4.18. The average molecular weight is 564 g/mol. The van der Waals surface area contributed by atoms with Crippen molar-refractivity contribution in [3.8, 4) is 28.3 Å². The summed E-state index contributed by atoms with van der Waals surface area (Å²) in [6.07, 6.45) is 0.143. The van der Waals surface area contributed by atoms with Crippen LogP contribution in [0.5, 0.6) is 5.75 Å². The Labute approximate surface area is 227 Å². The van der Waals surface area contributed by atoms with Gasteiger partial charge in [-0.25, -0.2) is 14.8 Å². The van der Waals surface area contributed by atoms with Crippen molar-refractivity contribution in [3.63, 3.8) is 0 Å². The van der Waals surface area contributed by atoms with Crippen molar-refractivity contribution < 1.29 is 27.1 Å². The molecule has 0 spiro atoms. The molecule has 1 saturated carbocycles. The number of halogens is 4. The van der Waals surface area contributed by atoms with Gasteiger partial charge in [-0.2, -0.15) is 18.3 Å². The van der Waals surface area contributed by atoms with Gasteiger partial charge in [0.2, 0.25) is 6.41 Å². The van der Waals surface area contributed by atoms with Crippen LogP contribution in [0, 0.1) is 11.7 Å². The molecule has 0 bridgehead atoms. The summed E-state index contributed by atoms with van der Waals surface area (Å²) in [6, 6.07) is 7.47. The molecular formula is C26H29F4N7O3. The van der Waals surface area contributed by atoms with E-state index in [0.717, 1.165) is 25.5 Å². The first-order valence-corrected chi connectivity index (χ1v) is 12.8. The number of anilines is 1. The molecule has 0 unspecified atom stereocenters. The van der Waals surface area contributed by atoms with Crippen LogP contribution in [0.2, 0.25) is 0 Å². The van der Waals surface area contributed by atoms with E-state index in [1.807, 2.05) is 11.6 Å². The van der Waals surface area contributed by atoms with Crippen molar-refractivity contribution >= 4 is 12.1 Å². The van der Waals surface area contributed by atoms with Gasteiger partial charge in [-0.05, 0) is 72.7 Å². The highest BCUT2D eigenvalue weighted by Gasteiger charge is 2.26. The number of aromatic amines is 1. The van der Waals surface area contributed by atoms with Crippen molar-refractivity contribution in [2.75, 3.05) is 18.7 Å². The Morgan fingerprint density at radius 2 is 2.00 bits per heavy atom. The van der Waals surface area contributed by atoms with Crippen LogP contribution in [-0.2, 0) is 11.3 Å². The second-order valence-corrected chi connectivity index (χ2v) is 9.52. The fourth-order valence-corrected chi connectivity index (χ4v) is 4.15. The zero-order valence-electron chi connectivity index (χ0n) is 21.7. The molecule has 4 rings (SSSR count). The molecule has 40 heavy (non-hydrogen) atoms. The molecule has 1 aliphatic rings. The third-order valence-corrected chi connectivity index (χ3v) is 6.28. The summed E-state index contributed by atoms with van der Waals surface area (Å²) in [5, 5.41) is 13.1. The highest BCUT2D eigenvalue weighted by Crippen LogP contribution is 2.34. The number of aromatic nitrogens is 3. The monoisotopic (exact) mass is 563 g/mol. The number of amides is 1. The number of hydrogen-bond acceptors (Lipinski definition) is 6. The van der Waals surface area contributed by atoms with Crippen LogP contribution in [0.3, 0.4) is 0 Å². The van der Waals surface area contributed by atoms with Crippen LogP contribution in [0.25, 0.3) is 22.5 Å². The maximum atomic E-state index is 15.1. The summed E-state index contributed by atoms with van der Waals surface area (Å²) in [4.78, 5) is 26.4. The van der Waals surface area contributed by atoms with E-state index in [2.05, 4.69) is 20.5 Å². The van der Waals surface area contributed by atoms with E-state index in [9.17, 15) is 22.8 Å². The summed E-state index contributed by atoms with van der Waals surface area (Å²) in [6.45, 7) is 0.901. The quantitative estimate of drug-likeness (QED) is 0.0893. The molecule has 2 heterocycles. The predicted octanol–water partition coefficient (Wildman–Crippen LogP) is 5.42. The Morgan fingerprint density at radius 1 is 1.20 bits per heavy atom. The van der Waals surface area contributed by atoms with Gasteiger partial charge in [0.25, 0.3) is 5.56 Å². The van der Waals surface area contributed by atoms with Crippen molar-refractivity contribution in [2.24, 2.45) is 16.4 Å². The van der Waals surface area contributed by atoms with Crippen molar-refractivity contribution in [1.29, 1.82) is 0 Å². The molecule has 0 saturated heterocycles.